The lowest BCUT2D eigenvalue weighted by Gasteiger charge is -2.10. The molecule has 0 saturated heterocycles. The van der Waals surface area contributed by atoms with Gasteiger partial charge in [-0.25, -0.2) is 13.1 Å². The van der Waals surface area contributed by atoms with E-state index in [1.165, 1.54) is 0 Å². The van der Waals surface area contributed by atoms with Crippen LogP contribution in [0.15, 0.2) is 45.9 Å². The first kappa shape index (κ1) is 14.8. The Morgan fingerprint density at radius 3 is 2.75 bits per heavy atom. The fraction of sp³-hybridized carbons (Fsp3) is 0.286. The zero-order valence-electron chi connectivity index (χ0n) is 11.3. The average Bonchev–Trinajstić information content (AvgIpc) is 2.92. The molecule has 0 amide bonds. The van der Waals surface area contributed by atoms with Gasteiger partial charge in [-0.15, -0.1) is 0 Å². The zero-order chi connectivity index (χ0) is 14.6. The van der Waals surface area contributed by atoms with Crippen LogP contribution in [0.1, 0.15) is 16.9 Å². The number of nitrogens with two attached hydrogens (primary N) is 1. The number of aryl methyl sites for hydroxylation is 1. The van der Waals surface area contributed by atoms with E-state index in [0.717, 1.165) is 11.3 Å². The van der Waals surface area contributed by atoms with Gasteiger partial charge in [-0.05, 0) is 36.2 Å². The van der Waals surface area contributed by atoms with Gasteiger partial charge in [0.25, 0.3) is 0 Å². The summed E-state index contributed by atoms with van der Waals surface area (Å²) < 4.78 is 32.3. The van der Waals surface area contributed by atoms with Crippen molar-refractivity contribution >= 4 is 10.0 Å². The molecule has 0 radical (unpaired) electrons. The van der Waals surface area contributed by atoms with E-state index in [1.54, 1.807) is 31.4 Å². The molecule has 0 fully saturated rings. The molecule has 2 aromatic rings. The fourth-order valence-corrected chi connectivity index (χ4v) is 3.23. The van der Waals surface area contributed by atoms with Crippen molar-refractivity contribution in [2.24, 2.45) is 5.73 Å². The normalized spacial score (nSPS) is 11.7. The summed E-state index contributed by atoms with van der Waals surface area (Å²) >= 11 is 0. The Kier molecular flexibility index (Phi) is 4.59. The average molecular weight is 294 g/mol. The molecule has 1 aromatic heterocycles. The SMILES string of the molecule is Cc1ccc(CN)cc1S(=O)(=O)NCCc1ccco1. The lowest BCUT2D eigenvalue weighted by molar-refractivity contribution is 0.506. The van der Waals surface area contributed by atoms with Crippen molar-refractivity contribution in [2.45, 2.75) is 24.8 Å². The number of rotatable bonds is 6. The molecule has 1 heterocycles. The van der Waals surface area contributed by atoms with Crippen LogP contribution in [0.5, 0.6) is 0 Å². The van der Waals surface area contributed by atoms with Crippen molar-refractivity contribution in [2.75, 3.05) is 6.54 Å². The third-order valence-electron chi connectivity index (χ3n) is 3.02. The quantitative estimate of drug-likeness (QED) is 0.847. The largest absolute Gasteiger partial charge is 0.469 e. The summed E-state index contributed by atoms with van der Waals surface area (Å²) in [7, 11) is -3.52. The molecule has 0 aliphatic rings. The van der Waals surface area contributed by atoms with Crippen LogP contribution in [0.2, 0.25) is 0 Å². The second kappa shape index (κ2) is 6.21. The summed E-state index contributed by atoms with van der Waals surface area (Å²) in [5.74, 6) is 0.750. The van der Waals surface area contributed by atoms with Crippen molar-refractivity contribution < 1.29 is 12.8 Å². The standard InChI is InChI=1S/C14H18N2O3S/c1-11-4-5-12(10-15)9-14(11)20(17,18)16-7-6-13-3-2-8-19-13/h2-5,8-9,16H,6-7,10,15H2,1H3. The van der Waals surface area contributed by atoms with Crippen LogP contribution in [0.3, 0.4) is 0 Å². The molecule has 0 aliphatic heterocycles. The van der Waals surface area contributed by atoms with Crippen LogP contribution >= 0.6 is 0 Å². The van der Waals surface area contributed by atoms with Crippen molar-refractivity contribution in [3.63, 3.8) is 0 Å². The van der Waals surface area contributed by atoms with Gasteiger partial charge in [-0.3, -0.25) is 0 Å². The van der Waals surface area contributed by atoms with Gasteiger partial charge in [-0.1, -0.05) is 12.1 Å². The molecule has 5 nitrogen and oxygen atoms in total. The number of sulfonamides is 1. The number of benzene rings is 1. The van der Waals surface area contributed by atoms with E-state index in [9.17, 15) is 8.42 Å². The summed E-state index contributed by atoms with van der Waals surface area (Å²) in [6.45, 7) is 2.37. The molecular weight excluding hydrogens is 276 g/mol. The maximum atomic E-state index is 12.3. The first-order chi connectivity index (χ1) is 9.53. The van der Waals surface area contributed by atoms with Crippen LogP contribution in [0.4, 0.5) is 0 Å². The van der Waals surface area contributed by atoms with Crippen LogP contribution in [-0.2, 0) is 23.0 Å². The topological polar surface area (TPSA) is 85.3 Å². The summed E-state index contributed by atoms with van der Waals surface area (Å²) in [6, 6.07) is 8.80. The van der Waals surface area contributed by atoms with Crippen LogP contribution < -0.4 is 10.5 Å². The Balaban J connectivity index is 2.09. The minimum atomic E-state index is -3.52. The molecule has 0 atom stereocenters. The number of furan rings is 1. The van der Waals surface area contributed by atoms with Gasteiger partial charge >= 0.3 is 0 Å². The molecular formula is C14H18N2O3S. The molecule has 6 heteroatoms. The van der Waals surface area contributed by atoms with Crippen LogP contribution in [0, 0.1) is 6.92 Å². The van der Waals surface area contributed by atoms with Gasteiger partial charge in [0.2, 0.25) is 10.0 Å². The highest BCUT2D eigenvalue weighted by Gasteiger charge is 2.16. The Morgan fingerprint density at radius 1 is 1.30 bits per heavy atom. The van der Waals surface area contributed by atoms with Crippen LogP contribution in [-0.4, -0.2) is 15.0 Å². The summed E-state index contributed by atoms with van der Waals surface area (Å²) in [4.78, 5) is 0.278. The molecule has 0 bridgehead atoms. The first-order valence-electron chi connectivity index (χ1n) is 6.34. The third-order valence-corrected chi connectivity index (χ3v) is 4.62. The molecule has 0 aliphatic carbocycles. The maximum Gasteiger partial charge on any atom is 0.240 e. The number of hydrogen-bond donors (Lipinski definition) is 2. The maximum absolute atomic E-state index is 12.3. The van der Waals surface area contributed by atoms with Gasteiger partial charge in [0, 0.05) is 19.5 Å². The van der Waals surface area contributed by atoms with Gasteiger partial charge in [-0.2, -0.15) is 0 Å². The Hall–Kier alpha value is -1.63. The molecule has 1 aromatic carbocycles. The lowest BCUT2D eigenvalue weighted by atomic mass is 10.1. The number of hydrogen-bond acceptors (Lipinski definition) is 4. The second-order valence-corrected chi connectivity index (χ2v) is 6.27. The van der Waals surface area contributed by atoms with E-state index >= 15 is 0 Å². The van der Waals surface area contributed by atoms with Gasteiger partial charge in [0.15, 0.2) is 0 Å². The van der Waals surface area contributed by atoms with E-state index in [2.05, 4.69) is 4.72 Å². The summed E-state index contributed by atoms with van der Waals surface area (Å²) in [6.07, 6.45) is 2.08. The first-order valence-corrected chi connectivity index (χ1v) is 7.83. The Bertz CT molecular complexity index is 664. The van der Waals surface area contributed by atoms with Crippen molar-refractivity contribution in [3.05, 3.63) is 53.5 Å². The second-order valence-electron chi connectivity index (χ2n) is 4.53. The predicted octanol–water partition coefficient (Wildman–Crippen LogP) is 1.57. The molecule has 108 valence electrons. The van der Waals surface area contributed by atoms with Gasteiger partial charge in [0.1, 0.15) is 5.76 Å². The van der Waals surface area contributed by atoms with Crippen molar-refractivity contribution in [1.82, 2.24) is 4.72 Å². The van der Waals surface area contributed by atoms with E-state index in [0.29, 0.717) is 25.1 Å². The molecule has 2 rings (SSSR count). The highest BCUT2D eigenvalue weighted by atomic mass is 32.2. The smallest absolute Gasteiger partial charge is 0.240 e. The zero-order valence-corrected chi connectivity index (χ0v) is 12.1. The molecule has 0 saturated carbocycles. The van der Waals surface area contributed by atoms with E-state index in [1.807, 2.05) is 12.1 Å². The minimum Gasteiger partial charge on any atom is -0.469 e. The van der Waals surface area contributed by atoms with E-state index in [-0.39, 0.29) is 4.90 Å². The lowest BCUT2D eigenvalue weighted by Crippen LogP contribution is -2.26. The highest BCUT2D eigenvalue weighted by molar-refractivity contribution is 7.89. The fourth-order valence-electron chi connectivity index (χ4n) is 1.90. The Morgan fingerprint density at radius 2 is 2.10 bits per heavy atom. The van der Waals surface area contributed by atoms with Crippen LogP contribution in [0.25, 0.3) is 0 Å². The monoisotopic (exact) mass is 294 g/mol. The van der Waals surface area contributed by atoms with E-state index < -0.39 is 10.0 Å². The molecule has 20 heavy (non-hydrogen) atoms. The minimum absolute atomic E-state index is 0.278. The Labute approximate surface area is 118 Å². The highest BCUT2D eigenvalue weighted by Crippen LogP contribution is 2.16. The number of nitrogens with one attached hydrogen (secondary N) is 1. The predicted molar refractivity (Wildman–Crippen MR) is 76.7 cm³/mol. The van der Waals surface area contributed by atoms with Crippen molar-refractivity contribution in [1.29, 1.82) is 0 Å². The molecule has 0 spiro atoms. The van der Waals surface area contributed by atoms with E-state index in [4.69, 9.17) is 10.2 Å². The third kappa shape index (κ3) is 3.47. The summed E-state index contributed by atoms with van der Waals surface area (Å²) in [5.41, 5.74) is 7.04. The molecule has 3 N–H and O–H groups in total. The van der Waals surface area contributed by atoms with Gasteiger partial charge in [0.05, 0.1) is 11.2 Å². The van der Waals surface area contributed by atoms with Crippen molar-refractivity contribution in [3.8, 4) is 0 Å². The van der Waals surface area contributed by atoms with Gasteiger partial charge < -0.3 is 10.2 Å². The summed E-state index contributed by atoms with van der Waals surface area (Å²) in [5, 5.41) is 0. The molecule has 0 unspecified atom stereocenters.